The Morgan fingerprint density at radius 2 is 1.77 bits per heavy atom. The van der Waals surface area contributed by atoms with E-state index in [2.05, 4.69) is 15.5 Å². The number of amides is 2. The van der Waals surface area contributed by atoms with Crippen molar-refractivity contribution in [1.82, 2.24) is 10.2 Å². The SMILES string of the molecule is Cc1ccc([C@H](CNC(=O)C(=O)Nc2ccc([N+](=O)[O-])cc2C)N2CCOCC2)cc1. The number of nitrogens with zero attached hydrogens (tertiary/aromatic N) is 2. The van der Waals surface area contributed by atoms with Crippen LogP contribution in [0.2, 0.25) is 0 Å². The molecule has 164 valence electrons. The maximum Gasteiger partial charge on any atom is 0.313 e. The number of nitro groups is 1. The summed E-state index contributed by atoms with van der Waals surface area (Å²) in [6, 6.07) is 12.1. The number of carbonyl (C=O) groups excluding carboxylic acids is 2. The van der Waals surface area contributed by atoms with E-state index >= 15 is 0 Å². The lowest BCUT2D eigenvalue weighted by Crippen LogP contribution is -2.45. The number of nitrogens with one attached hydrogen (secondary N) is 2. The van der Waals surface area contributed by atoms with Gasteiger partial charge in [0.25, 0.3) is 5.69 Å². The van der Waals surface area contributed by atoms with Gasteiger partial charge in [-0.3, -0.25) is 24.6 Å². The van der Waals surface area contributed by atoms with E-state index in [4.69, 9.17) is 4.74 Å². The van der Waals surface area contributed by atoms with Crippen molar-refractivity contribution in [2.45, 2.75) is 19.9 Å². The van der Waals surface area contributed by atoms with Crippen LogP contribution in [0.1, 0.15) is 22.7 Å². The molecule has 0 aromatic heterocycles. The van der Waals surface area contributed by atoms with E-state index in [1.54, 1.807) is 6.92 Å². The van der Waals surface area contributed by atoms with Crippen LogP contribution in [0.4, 0.5) is 11.4 Å². The zero-order valence-corrected chi connectivity index (χ0v) is 17.6. The zero-order valence-electron chi connectivity index (χ0n) is 17.6. The Morgan fingerprint density at radius 3 is 2.39 bits per heavy atom. The third kappa shape index (κ3) is 5.87. The Hall–Kier alpha value is -3.30. The number of aryl methyl sites for hydroxylation is 2. The molecule has 0 spiro atoms. The summed E-state index contributed by atoms with van der Waals surface area (Å²) in [5.74, 6) is -1.58. The van der Waals surface area contributed by atoms with Crippen LogP contribution in [-0.2, 0) is 14.3 Å². The van der Waals surface area contributed by atoms with Crippen LogP contribution >= 0.6 is 0 Å². The third-order valence-corrected chi connectivity index (χ3v) is 5.28. The van der Waals surface area contributed by atoms with Crippen LogP contribution in [0.15, 0.2) is 42.5 Å². The van der Waals surface area contributed by atoms with Crippen molar-refractivity contribution in [2.75, 3.05) is 38.2 Å². The number of hydrogen-bond donors (Lipinski definition) is 2. The quantitative estimate of drug-likeness (QED) is 0.416. The van der Waals surface area contributed by atoms with Crippen molar-refractivity contribution in [3.63, 3.8) is 0 Å². The molecule has 3 rings (SSSR count). The molecule has 1 fully saturated rings. The summed E-state index contributed by atoms with van der Waals surface area (Å²) >= 11 is 0. The van der Waals surface area contributed by atoms with Gasteiger partial charge in [0, 0.05) is 37.5 Å². The average Bonchev–Trinajstić information content (AvgIpc) is 2.76. The lowest BCUT2D eigenvalue weighted by molar-refractivity contribution is -0.384. The minimum atomic E-state index is -0.818. The second-order valence-corrected chi connectivity index (χ2v) is 7.50. The predicted molar refractivity (Wildman–Crippen MR) is 116 cm³/mol. The van der Waals surface area contributed by atoms with Crippen molar-refractivity contribution >= 4 is 23.2 Å². The fourth-order valence-electron chi connectivity index (χ4n) is 3.49. The topological polar surface area (TPSA) is 114 Å². The zero-order chi connectivity index (χ0) is 22.4. The maximum atomic E-state index is 12.4. The lowest BCUT2D eigenvalue weighted by Gasteiger charge is -2.35. The monoisotopic (exact) mass is 426 g/mol. The first-order valence-corrected chi connectivity index (χ1v) is 10.1. The molecule has 31 heavy (non-hydrogen) atoms. The van der Waals surface area contributed by atoms with Gasteiger partial charge in [-0.25, -0.2) is 0 Å². The average molecular weight is 426 g/mol. The number of hydrogen-bond acceptors (Lipinski definition) is 6. The van der Waals surface area contributed by atoms with Crippen LogP contribution in [0, 0.1) is 24.0 Å². The van der Waals surface area contributed by atoms with E-state index in [-0.39, 0.29) is 18.3 Å². The first kappa shape index (κ1) is 22.4. The molecule has 0 saturated carbocycles. The van der Waals surface area contributed by atoms with Gasteiger partial charge in [0.1, 0.15) is 0 Å². The molecule has 2 amide bonds. The van der Waals surface area contributed by atoms with Crippen molar-refractivity contribution in [3.8, 4) is 0 Å². The maximum absolute atomic E-state index is 12.4. The molecule has 1 aliphatic rings. The van der Waals surface area contributed by atoms with E-state index < -0.39 is 16.7 Å². The number of carbonyl (C=O) groups is 2. The molecule has 0 bridgehead atoms. The number of anilines is 1. The number of nitro benzene ring substituents is 1. The van der Waals surface area contributed by atoms with Crippen LogP contribution < -0.4 is 10.6 Å². The van der Waals surface area contributed by atoms with Crippen molar-refractivity contribution in [3.05, 3.63) is 69.3 Å². The fraction of sp³-hybridized carbons (Fsp3) is 0.364. The molecule has 2 aromatic carbocycles. The highest BCUT2D eigenvalue weighted by atomic mass is 16.6. The Labute approximate surface area is 180 Å². The Balaban J connectivity index is 1.65. The van der Waals surface area contributed by atoms with Crippen molar-refractivity contribution in [2.24, 2.45) is 0 Å². The minimum absolute atomic E-state index is 0.0774. The van der Waals surface area contributed by atoms with E-state index in [1.165, 1.54) is 18.2 Å². The Bertz CT molecular complexity index is 955. The smallest absolute Gasteiger partial charge is 0.313 e. The van der Waals surface area contributed by atoms with Gasteiger partial charge in [0.2, 0.25) is 0 Å². The number of morpholine rings is 1. The molecule has 2 N–H and O–H groups in total. The molecule has 0 aliphatic carbocycles. The summed E-state index contributed by atoms with van der Waals surface area (Å²) in [4.78, 5) is 37.4. The Kier molecular flexibility index (Phi) is 7.32. The van der Waals surface area contributed by atoms with Crippen LogP contribution in [0.25, 0.3) is 0 Å². The molecular weight excluding hydrogens is 400 g/mol. The highest BCUT2D eigenvalue weighted by Crippen LogP contribution is 2.23. The molecule has 0 unspecified atom stereocenters. The second kappa shape index (κ2) is 10.1. The molecule has 1 saturated heterocycles. The lowest BCUT2D eigenvalue weighted by atomic mass is 10.0. The second-order valence-electron chi connectivity index (χ2n) is 7.50. The minimum Gasteiger partial charge on any atom is -0.379 e. The summed E-state index contributed by atoms with van der Waals surface area (Å²) < 4.78 is 5.43. The van der Waals surface area contributed by atoms with Crippen molar-refractivity contribution < 1.29 is 19.2 Å². The van der Waals surface area contributed by atoms with E-state index in [9.17, 15) is 19.7 Å². The van der Waals surface area contributed by atoms with Gasteiger partial charge >= 0.3 is 11.8 Å². The third-order valence-electron chi connectivity index (χ3n) is 5.28. The normalized spacial score (nSPS) is 15.2. The molecular formula is C22H26N4O5. The van der Waals surface area contributed by atoms with Gasteiger partial charge < -0.3 is 15.4 Å². The van der Waals surface area contributed by atoms with E-state index in [0.717, 1.165) is 24.2 Å². The summed E-state index contributed by atoms with van der Waals surface area (Å²) in [5.41, 5.74) is 2.98. The predicted octanol–water partition coefficient (Wildman–Crippen LogP) is 2.34. The van der Waals surface area contributed by atoms with Gasteiger partial charge in [0.05, 0.1) is 24.2 Å². The van der Waals surface area contributed by atoms with Gasteiger partial charge in [-0.2, -0.15) is 0 Å². The molecule has 1 aliphatic heterocycles. The summed E-state index contributed by atoms with van der Waals surface area (Å²) in [6.07, 6.45) is 0. The largest absolute Gasteiger partial charge is 0.379 e. The summed E-state index contributed by atoms with van der Waals surface area (Å²) in [5, 5.41) is 16.1. The van der Waals surface area contributed by atoms with E-state index in [1.807, 2.05) is 31.2 Å². The van der Waals surface area contributed by atoms with Gasteiger partial charge in [0.15, 0.2) is 0 Å². The Morgan fingerprint density at radius 1 is 1.10 bits per heavy atom. The van der Waals surface area contributed by atoms with Crippen LogP contribution in [0.5, 0.6) is 0 Å². The van der Waals surface area contributed by atoms with Crippen LogP contribution in [0.3, 0.4) is 0 Å². The van der Waals surface area contributed by atoms with E-state index in [0.29, 0.717) is 24.5 Å². The van der Waals surface area contributed by atoms with Gasteiger partial charge in [-0.15, -0.1) is 0 Å². The van der Waals surface area contributed by atoms with Crippen molar-refractivity contribution in [1.29, 1.82) is 0 Å². The summed E-state index contributed by atoms with van der Waals surface area (Å²) in [6.45, 7) is 6.64. The molecule has 9 nitrogen and oxygen atoms in total. The van der Waals surface area contributed by atoms with Crippen LogP contribution in [-0.4, -0.2) is 54.5 Å². The number of benzene rings is 2. The van der Waals surface area contributed by atoms with Gasteiger partial charge in [-0.05, 0) is 31.0 Å². The molecule has 1 heterocycles. The molecule has 0 radical (unpaired) electrons. The highest BCUT2D eigenvalue weighted by molar-refractivity contribution is 6.39. The molecule has 1 atom stereocenters. The standard InChI is InChI=1S/C22H26N4O5/c1-15-3-5-17(6-4-15)20(25-9-11-31-12-10-25)14-23-21(27)22(28)24-19-8-7-18(26(29)30)13-16(19)2/h3-8,13,20H,9-12,14H2,1-2H3,(H,23,27)(H,24,28)/t20-/m0/s1. The number of non-ortho nitro benzene ring substituents is 1. The first-order chi connectivity index (χ1) is 14.8. The summed E-state index contributed by atoms with van der Waals surface area (Å²) in [7, 11) is 0. The number of rotatable bonds is 6. The van der Waals surface area contributed by atoms with Gasteiger partial charge in [-0.1, -0.05) is 29.8 Å². The molecule has 9 heteroatoms. The highest BCUT2D eigenvalue weighted by Gasteiger charge is 2.24. The first-order valence-electron chi connectivity index (χ1n) is 10.1. The fourth-order valence-corrected chi connectivity index (χ4v) is 3.49. The number of ether oxygens (including phenoxy) is 1. The molecule has 2 aromatic rings.